The fourth-order valence-corrected chi connectivity index (χ4v) is 1.32. The number of carbonyl (C=O) groups is 1. The molecule has 14 heavy (non-hydrogen) atoms. The summed E-state index contributed by atoms with van der Waals surface area (Å²) >= 11 is 5.45. The molecule has 0 atom stereocenters. The van der Waals surface area contributed by atoms with Gasteiger partial charge in [-0.15, -0.1) is 11.6 Å². The van der Waals surface area contributed by atoms with Crippen molar-refractivity contribution in [2.45, 2.75) is 0 Å². The summed E-state index contributed by atoms with van der Waals surface area (Å²) < 4.78 is 5.12. The molecular weight excluding hydrogens is 204 g/mol. The number of hydrogen-bond acceptors (Lipinski definition) is 2. The van der Waals surface area contributed by atoms with Gasteiger partial charge in [-0.3, -0.25) is 4.79 Å². The van der Waals surface area contributed by atoms with Gasteiger partial charge in [-0.25, -0.2) is 0 Å². The summed E-state index contributed by atoms with van der Waals surface area (Å²) in [6.07, 6.45) is 1.57. The van der Waals surface area contributed by atoms with Crippen LogP contribution in [-0.2, 0) is 0 Å². The molecule has 2 rings (SSSR count). The maximum absolute atomic E-state index is 11.4. The third kappa shape index (κ3) is 1.61. The smallest absolute Gasteiger partial charge is 0.267 e. The van der Waals surface area contributed by atoms with Gasteiger partial charge in [0.1, 0.15) is 5.69 Å². The van der Waals surface area contributed by atoms with E-state index in [4.69, 9.17) is 16.0 Å². The summed E-state index contributed by atoms with van der Waals surface area (Å²) in [7, 11) is 0. The zero-order chi connectivity index (χ0) is 9.97. The molecule has 0 saturated carbocycles. The van der Waals surface area contributed by atoms with E-state index in [1.54, 1.807) is 18.4 Å². The number of fused-ring (bicyclic) bond motifs is 1. The first-order valence-corrected chi connectivity index (χ1v) is 4.75. The van der Waals surface area contributed by atoms with Crippen molar-refractivity contribution in [1.29, 1.82) is 0 Å². The van der Waals surface area contributed by atoms with E-state index >= 15 is 0 Å². The van der Waals surface area contributed by atoms with Crippen LogP contribution in [-0.4, -0.2) is 23.3 Å². The van der Waals surface area contributed by atoms with Crippen LogP contribution in [0.4, 0.5) is 0 Å². The summed E-state index contributed by atoms with van der Waals surface area (Å²) in [4.78, 5) is 14.4. The summed E-state index contributed by atoms with van der Waals surface area (Å²) in [6, 6.07) is 3.44. The van der Waals surface area contributed by atoms with Gasteiger partial charge < -0.3 is 14.7 Å². The number of nitrogens with one attached hydrogen (secondary N) is 2. The molecule has 0 saturated heterocycles. The number of H-pyrrole nitrogens is 1. The van der Waals surface area contributed by atoms with Crippen LogP contribution in [0.15, 0.2) is 22.8 Å². The van der Waals surface area contributed by atoms with Crippen molar-refractivity contribution in [3.8, 4) is 0 Å². The van der Waals surface area contributed by atoms with E-state index in [1.807, 2.05) is 0 Å². The molecule has 2 aromatic heterocycles. The number of aromatic amines is 1. The van der Waals surface area contributed by atoms with E-state index in [1.165, 1.54) is 0 Å². The molecule has 0 fully saturated rings. The van der Waals surface area contributed by atoms with Crippen LogP contribution < -0.4 is 5.32 Å². The predicted molar refractivity (Wildman–Crippen MR) is 53.6 cm³/mol. The Bertz CT molecular complexity index is 418. The quantitative estimate of drug-likeness (QED) is 0.762. The van der Waals surface area contributed by atoms with Crippen molar-refractivity contribution in [2.75, 3.05) is 12.4 Å². The van der Waals surface area contributed by atoms with Gasteiger partial charge in [0, 0.05) is 24.6 Å². The van der Waals surface area contributed by atoms with Crippen LogP contribution in [0, 0.1) is 0 Å². The minimum atomic E-state index is -0.169. The van der Waals surface area contributed by atoms with Gasteiger partial charge in [0.2, 0.25) is 0 Å². The first-order valence-electron chi connectivity index (χ1n) is 4.21. The zero-order valence-corrected chi connectivity index (χ0v) is 8.10. The Morgan fingerprint density at radius 1 is 1.64 bits per heavy atom. The Balaban J connectivity index is 2.18. The van der Waals surface area contributed by atoms with Gasteiger partial charge in [0.15, 0.2) is 5.58 Å². The van der Waals surface area contributed by atoms with Gasteiger partial charge in [-0.05, 0) is 0 Å². The van der Waals surface area contributed by atoms with Gasteiger partial charge >= 0.3 is 0 Å². The van der Waals surface area contributed by atoms with Gasteiger partial charge in [0.05, 0.1) is 11.8 Å². The monoisotopic (exact) mass is 212 g/mol. The highest BCUT2D eigenvalue weighted by atomic mass is 35.5. The first-order chi connectivity index (χ1) is 6.81. The maximum Gasteiger partial charge on any atom is 0.267 e. The van der Waals surface area contributed by atoms with Crippen LogP contribution in [0.2, 0.25) is 0 Å². The molecule has 2 heterocycles. The normalized spacial score (nSPS) is 10.6. The van der Waals surface area contributed by atoms with Gasteiger partial charge in [0.25, 0.3) is 5.91 Å². The molecule has 1 amide bonds. The number of amides is 1. The number of carbonyl (C=O) groups excluding carboxylic acids is 1. The molecule has 0 bridgehead atoms. The average Bonchev–Trinajstić information content (AvgIpc) is 2.72. The minimum Gasteiger partial charge on any atom is -0.463 e. The lowest BCUT2D eigenvalue weighted by Crippen LogP contribution is -2.25. The number of aromatic nitrogens is 1. The lowest BCUT2D eigenvalue weighted by molar-refractivity contribution is 0.0952. The molecule has 0 radical (unpaired) electrons. The van der Waals surface area contributed by atoms with E-state index in [9.17, 15) is 4.79 Å². The zero-order valence-electron chi connectivity index (χ0n) is 7.34. The highest BCUT2D eigenvalue weighted by Gasteiger charge is 2.09. The molecule has 2 N–H and O–H groups in total. The third-order valence-electron chi connectivity index (χ3n) is 1.86. The Hall–Kier alpha value is -1.42. The largest absolute Gasteiger partial charge is 0.463 e. The van der Waals surface area contributed by atoms with Crippen molar-refractivity contribution >= 4 is 28.6 Å². The van der Waals surface area contributed by atoms with Crippen LogP contribution in [0.3, 0.4) is 0 Å². The lowest BCUT2D eigenvalue weighted by Gasteiger charge is -1.98. The summed E-state index contributed by atoms with van der Waals surface area (Å²) in [5, 5.41) is 2.66. The van der Waals surface area contributed by atoms with E-state index in [0.29, 0.717) is 23.7 Å². The second-order valence-corrected chi connectivity index (χ2v) is 3.20. The van der Waals surface area contributed by atoms with Crippen molar-refractivity contribution < 1.29 is 9.21 Å². The van der Waals surface area contributed by atoms with Crippen molar-refractivity contribution in [3.05, 3.63) is 24.1 Å². The second-order valence-electron chi connectivity index (χ2n) is 2.83. The Labute approximate surface area is 85.2 Å². The molecule has 0 aliphatic heterocycles. The van der Waals surface area contributed by atoms with Crippen LogP contribution in [0.1, 0.15) is 10.5 Å². The fraction of sp³-hybridized carbons (Fsp3) is 0.222. The summed E-state index contributed by atoms with van der Waals surface area (Å²) in [6.45, 7) is 0.459. The summed E-state index contributed by atoms with van der Waals surface area (Å²) in [5.74, 6) is 0.236. The topological polar surface area (TPSA) is 58.0 Å². The first kappa shape index (κ1) is 9.15. The molecule has 2 aromatic rings. The highest BCUT2D eigenvalue weighted by molar-refractivity contribution is 6.18. The van der Waals surface area contributed by atoms with Crippen molar-refractivity contribution in [3.63, 3.8) is 0 Å². The number of halogens is 1. The van der Waals surface area contributed by atoms with Gasteiger partial charge in [-0.2, -0.15) is 0 Å². The van der Waals surface area contributed by atoms with Crippen LogP contribution in [0.25, 0.3) is 11.1 Å². The van der Waals surface area contributed by atoms with Crippen molar-refractivity contribution in [1.82, 2.24) is 10.3 Å². The Morgan fingerprint density at radius 3 is 3.21 bits per heavy atom. The van der Waals surface area contributed by atoms with Crippen LogP contribution in [0.5, 0.6) is 0 Å². The van der Waals surface area contributed by atoms with Crippen molar-refractivity contribution in [2.24, 2.45) is 0 Å². The van der Waals surface area contributed by atoms with E-state index < -0.39 is 0 Å². The predicted octanol–water partition coefficient (Wildman–Crippen LogP) is 1.73. The fourth-order valence-electron chi connectivity index (χ4n) is 1.23. The summed E-state index contributed by atoms with van der Waals surface area (Å²) in [5.41, 5.74) is 1.99. The third-order valence-corrected chi connectivity index (χ3v) is 2.05. The molecule has 0 spiro atoms. The molecule has 74 valence electrons. The molecule has 5 heteroatoms. The number of furan rings is 1. The van der Waals surface area contributed by atoms with E-state index in [0.717, 1.165) is 5.52 Å². The minimum absolute atomic E-state index is 0.169. The van der Waals surface area contributed by atoms with E-state index in [-0.39, 0.29) is 5.91 Å². The maximum atomic E-state index is 11.4. The molecule has 0 unspecified atom stereocenters. The lowest BCUT2D eigenvalue weighted by atomic mass is 10.4. The van der Waals surface area contributed by atoms with Gasteiger partial charge in [-0.1, -0.05) is 0 Å². The molecule has 0 aliphatic rings. The standard InChI is InChI=1S/C9H9ClN2O2/c10-2-3-11-9(13)7-5-8-6(12-7)1-4-14-8/h1,4-5,12H,2-3H2,(H,11,13). The molecule has 0 aliphatic carbocycles. The average molecular weight is 213 g/mol. The SMILES string of the molecule is O=C(NCCCl)c1cc2occc2[nH]1. The highest BCUT2D eigenvalue weighted by Crippen LogP contribution is 2.15. The Kier molecular flexibility index (Phi) is 2.45. The van der Waals surface area contributed by atoms with Crippen LogP contribution >= 0.6 is 11.6 Å². The molecule has 0 aromatic carbocycles. The Morgan fingerprint density at radius 2 is 2.50 bits per heavy atom. The number of alkyl halides is 1. The molecule has 4 nitrogen and oxygen atoms in total. The number of rotatable bonds is 3. The van der Waals surface area contributed by atoms with E-state index in [2.05, 4.69) is 10.3 Å². The second kappa shape index (κ2) is 3.75. The molecular formula is C9H9ClN2O2. The number of hydrogen-bond donors (Lipinski definition) is 2.